The van der Waals surface area contributed by atoms with Crippen molar-refractivity contribution in [1.29, 1.82) is 0 Å². The standard InChI is InChI=1S/C14H9BrF3N5O/c1-7-19-12(20-9-4-2-3-8(15)5-9)22-13-21-10(14(16,17)18)6-11(24)23(7)13/h2-6H,1H3,(H,20,21,22). The molecule has 0 atom stereocenters. The van der Waals surface area contributed by atoms with Gasteiger partial charge in [0.15, 0.2) is 5.69 Å². The van der Waals surface area contributed by atoms with Gasteiger partial charge in [-0.25, -0.2) is 9.38 Å². The third-order valence-corrected chi connectivity index (χ3v) is 3.56. The average molecular weight is 400 g/mol. The molecular weight excluding hydrogens is 391 g/mol. The van der Waals surface area contributed by atoms with Crippen LogP contribution in [0.2, 0.25) is 0 Å². The predicted octanol–water partition coefficient (Wildman–Crippen LogP) is 3.32. The fourth-order valence-electron chi connectivity index (χ4n) is 2.07. The quantitative estimate of drug-likeness (QED) is 0.715. The molecule has 2 heterocycles. The number of benzene rings is 1. The zero-order valence-electron chi connectivity index (χ0n) is 12.1. The zero-order valence-corrected chi connectivity index (χ0v) is 13.7. The van der Waals surface area contributed by atoms with Crippen LogP contribution in [0.3, 0.4) is 0 Å². The van der Waals surface area contributed by atoms with Crippen LogP contribution in [-0.4, -0.2) is 19.4 Å². The maximum atomic E-state index is 12.8. The van der Waals surface area contributed by atoms with Crippen LogP contribution in [0.15, 0.2) is 39.6 Å². The molecule has 10 heteroatoms. The van der Waals surface area contributed by atoms with Crippen LogP contribution < -0.4 is 10.9 Å². The molecule has 0 fully saturated rings. The van der Waals surface area contributed by atoms with E-state index in [0.717, 1.165) is 8.87 Å². The summed E-state index contributed by atoms with van der Waals surface area (Å²) in [6.07, 6.45) is -4.73. The number of nitrogens with zero attached hydrogens (tertiary/aromatic N) is 4. The number of hydrogen-bond acceptors (Lipinski definition) is 5. The van der Waals surface area contributed by atoms with Crippen LogP contribution in [0.1, 0.15) is 11.5 Å². The Kier molecular flexibility index (Phi) is 3.99. The molecule has 0 radical (unpaired) electrons. The molecule has 0 unspecified atom stereocenters. The molecule has 2 aromatic heterocycles. The molecular formula is C14H9BrF3N5O. The summed E-state index contributed by atoms with van der Waals surface area (Å²) in [6, 6.07) is 7.48. The first-order chi connectivity index (χ1) is 11.2. The van der Waals surface area contributed by atoms with Crippen LogP contribution in [0, 0.1) is 6.92 Å². The summed E-state index contributed by atoms with van der Waals surface area (Å²) in [5.41, 5.74) is -1.56. The lowest BCUT2D eigenvalue weighted by molar-refractivity contribution is -0.141. The number of alkyl halides is 3. The number of anilines is 2. The second-order valence-corrected chi connectivity index (χ2v) is 5.76. The van der Waals surface area contributed by atoms with Crippen molar-refractivity contribution in [2.45, 2.75) is 13.1 Å². The van der Waals surface area contributed by atoms with Crippen LogP contribution in [0.5, 0.6) is 0 Å². The monoisotopic (exact) mass is 399 g/mol. The van der Waals surface area contributed by atoms with Crippen molar-refractivity contribution in [3.63, 3.8) is 0 Å². The minimum atomic E-state index is -4.73. The smallest absolute Gasteiger partial charge is 0.324 e. The highest BCUT2D eigenvalue weighted by molar-refractivity contribution is 9.10. The van der Waals surface area contributed by atoms with E-state index < -0.39 is 17.4 Å². The molecule has 0 bridgehead atoms. The second-order valence-electron chi connectivity index (χ2n) is 4.84. The maximum absolute atomic E-state index is 12.8. The molecule has 6 nitrogen and oxygen atoms in total. The number of hydrogen-bond donors (Lipinski definition) is 1. The van der Waals surface area contributed by atoms with E-state index in [4.69, 9.17) is 0 Å². The lowest BCUT2D eigenvalue weighted by Crippen LogP contribution is -2.23. The summed E-state index contributed by atoms with van der Waals surface area (Å²) < 4.78 is 40.2. The molecule has 124 valence electrons. The number of fused-ring (bicyclic) bond motifs is 1. The molecule has 0 aliphatic rings. The van der Waals surface area contributed by atoms with Crippen molar-refractivity contribution in [3.8, 4) is 0 Å². The molecule has 0 amide bonds. The number of rotatable bonds is 2. The largest absolute Gasteiger partial charge is 0.433 e. The Morgan fingerprint density at radius 1 is 1.17 bits per heavy atom. The molecule has 1 N–H and O–H groups in total. The third-order valence-electron chi connectivity index (χ3n) is 3.07. The molecule has 0 aliphatic heterocycles. The van der Waals surface area contributed by atoms with E-state index in [2.05, 4.69) is 36.2 Å². The van der Waals surface area contributed by atoms with Gasteiger partial charge < -0.3 is 5.32 Å². The van der Waals surface area contributed by atoms with E-state index in [-0.39, 0.29) is 17.6 Å². The average Bonchev–Trinajstić information content (AvgIpc) is 2.45. The van der Waals surface area contributed by atoms with Gasteiger partial charge >= 0.3 is 6.18 Å². The van der Waals surface area contributed by atoms with Gasteiger partial charge in [-0.1, -0.05) is 22.0 Å². The maximum Gasteiger partial charge on any atom is 0.433 e. The van der Waals surface area contributed by atoms with Gasteiger partial charge in [0.05, 0.1) is 0 Å². The molecule has 24 heavy (non-hydrogen) atoms. The summed E-state index contributed by atoms with van der Waals surface area (Å²) in [5, 5.41) is 2.87. The van der Waals surface area contributed by atoms with Crippen molar-refractivity contribution in [2.24, 2.45) is 0 Å². The van der Waals surface area contributed by atoms with Crippen molar-refractivity contribution in [3.05, 3.63) is 56.7 Å². The minimum absolute atomic E-state index is 0.0387. The fraction of sp³-hybridized carbons (Fsp3) is 0.143. The summed E-state index contributed by atoms with van der Waals surface area (Å²) >= 11 is 3.31. The highest BCUT2D eigenvalue weighted by Gasteiger charge is 2.33. The van der Waals surface area contributed by atoms with Crippen molar-refractivity contribution in [1.82, 2.24) is 19.4 Å². The van der Waals surface area contributed by atoms with Crippen LogP contribution in [0.4, 0.5) is 24.8 Å². The lowest BCUT2D eigenvalue weighted by Gasteiger charge is -2.10. The van der Waals surface area contributed by atoms with E-state index in [1.54, 1.807) is 18.2 Å². The van der Waals surface area contributed by atoms with Gasteiger partial charge in [-0.05, 0) is 25.1 Å². The topological polar surface area (TPSA) is 72.2 Å². The second kappa shape index (κ2) is 5.86. The Balaban J connectivity index is 2.13. The number of halogens is 4. The highest BCUT2D eigenvalue weighted by atomic mass is 79.9. The van der Waals surface area contributed by atoms with Gasteiger partial charge in [0.1, 0.15) is 5.82 Å². The van der Waals surface area contributed by atoms with E-state index in [1.165, 1.54) is 6.92 Å². The van der Waals surface area contributed by atoms with Gasteiger partial charge in [-0.2, -0.15) is 23.1 Å². The van der Waals surface area contributed by atoms with Gasteiger partial charge in [0, 0.05) is 16.2 Å². The van der Waals surface area contributed by atoms with Crippen LogP contribution in [0.25, 0.3) is 5.78 Å². The fourth-order valence-corrected chi connectivity index (χ4v) is 2.47. The molecule has 0 aliphatic carbocycles. The summed E-state index contributed by atoms with van der Waals surface area (Å²) in [5.74, 6) is -0.166. The van der Waals surface area contributed by atoms with E-state index in [1.807, 2.05) is 6.07 Å². The molecule has 3 rings (SSSR count). The van der Waals surface area contributed by atoms with E-state index >= 15 is 0 Å². The Bertz CT molecular complexity index is 986. The normalized spacial score (nSPS) is 11.7. The van der Waals surface area contributed by atoms with Gasteiger partial charge in [0.2, 0.25) is 11.7 Å². The number of nitrogens with one attached hydrogen (secondary N) is 1. The molecule has 1 aromatic carbocycles. The van der Waals surface area contributed by atoms with Crippen LogP contribution >= 0.6 is 15.9 Å². The predicted molar refractivity (Wildman–Crippen MR) is 84.2 cm³/mol. The molecule has 0 saturated heterocycles. The highest BCUT2D eigenvalue weighted by Crippen LogP contribution is 2.26. The Hall–Kier alpha value is -2.49. The Morgan fingerprint density at radius 3 is 2.58 bits per heavy atom. The van der Waals surface area contributed by atoms with E-state index in [0.29, 0.717) is 11.8 Å². The van der Waals surface area contributed by atoms with Crippen molar-refractivity contribution < 1.29 is 13.2 Å². The SMILES string of the molecule is Cc1nc(Nc2cccc(Br)c2)nc2nc(C(F)(F)F)cc(=O)n12. The first-order valence-corrected chi connectivity index (χ1v) is 7.41. The van der Waals surface area contributed by atoms with Crippen molar-refractivity contribution in [2.75, 3.05) is 5.32 Å². The van der Waals surface area contributed by atoms with E-state index in [9.17, 15) is 18.0 Å². The minimum Gasteiger partial charge on any atom is -0.324 e. The van der Waals surface area contributed by atoms with Gasteiger partial charge in [0.25, 0.3) is 5.56 Å². The van der Waals surface area contributed by atoms with Gasteiger partial charge in [-0.3, -0.25) is 4.79 Å². The molecule has 3 aromatic rings. The summed E-state index contributed by atoms with van der Waals surface area (Å²) in [7, 11) is 0. The molecule has 0 spiro atoms. The Labute approximate surface area is 141 Å². The first-order valence-electron chi connectivity index (χ1n) is 6.62. The van der Waals surface area contributed by atoms with Gasteiger partial charge in [-0.15, -0.1) is 0 Å². The number of aromatic nitrogens is 4. The first kappa shape index (κ1) is 16.4. The summed E-state index contributed by atoms with van der Waals surface area (Å²) in [6.45, 7) is 1.48. The Morgan fingerprint density at radius 2 is 1.92 bits per heavy atom. The third kappa shape index (κ3) is 3.23. The van der Waals surface area contributed by atoms with Crippen LogP contribution in [-0.2, 0) is 6.18 Å². The zero-order chi connectivity index (χ0) is 17.5. The molecule has 0 saturated carbocycles. The summed E-state index contributed by atoms with van der Waals surface area (Å²) in [4.78, 5) is 23.3. The lowest BCUT2D eigenvalue weighted by atomic mass is 10.3. The van der Waals surface area contributed by atoms with Crippen molar-refractivity contribution >= 4 is 33.3 Å². The number of aryl methyl sites for hydroxylation is 1.